The average molecular weight is 305 g/mol. The van der Waals surface area contributed by atoms with Gasteiger partial charge < -0.3 is 15.5 Å². The fourth-order valence-corrected chi connectivity index (χ4v) is 2.06. The van der Waals surface area contributed by atoms with E-state index in [1.54, 1.807) is 12.1 Å². The lowest BCUT2D eigenvalue weighted by atomic mass is 10.1. The van der Waals surface area contributed by atoms with E-state index >= 15 is 0 Å². The van der Waals surface area contributed by atoms with Crippen LogP contribution in [-0.4, -0.2) is 17.4 Å². The predicted octanol–water partition coefficient (Wildman–Crippen LogP) is 2.59. The molecule has 1 unspecified atom stereocenters. The third-order valence-corrected chi connectivity index (χ3v) is 3.28. The Morgan fingerprint density at radius 3 is 2.82 bits per heavy atom. The summed E-state index contributed by atoms with van der Waals surface area (Å²) >= 11 is 0. The minimum absolute atomic E-state index is 0.223. The molecule has 0 aliphatic heterocycles. The highest BCUT2D eigenvalue weighted by atomic mass is 19.1. The molecular weight excluding hydrogens is 285 g/mol. The number of carbonyl (C=O) groups is 1. The maximum atomic E-state index is 12.8. The smallest absolute Gasteiger partial charge is 0.273 e. The van der Waals surface area contributed by atoms with Crippen LogP contribution >= 0.6 is 0 Å². The zero-order chi connectivity index (χ0) is 15.9. The van der Waals surface area contributed by atoms with Crippen LogP contribution in [0.5, 0.6) is 0 Å². The van der Waals surface area contributed by atoms with Crippen molar-refractivity contribution in [3.05, 3.63) is 53.5 Å². The van der Waals surface area contributed by atoms with E-state index in [0.717, 1.165) is 18.4 Å². The topological polar surface area (TPSA) is 81.1 Å². The summed E-state index contributed by atoms with van der Waals surface area (Å²) in [5.41, 5.74) is 7.06. The molecule has 0 radical (unpaired) electrons. The Morgan fingerprint density at radius 2 is 2.14 bits per heavy atom. The van der Waals surface area contributed by atoms with Gasteiger partial charge in [-0.1, -0.05) is 25.5 Å². The summed E-state index contributed by atoms with van der Waals surface area (Å²) in [5, 5.41) is 2.75. The van der Waals surface area contributed by atoms with E-state index in [4.69, 9.17) is 10.2 Å². The Bertz CT molecular complexity index is 610. The molecule has 1 heterocycles. The summed E-state index contributed by atoms with van der Waals surface area (Å²) in [7, 11) is 0. The summed E-state index contributed by atoms with van der Waals surface area (Å²) in [4.78, 5) is 16.1. The Balaban J connectivity index is 1.83. The highest BCUT2D eigenvalue weighted by molar-refractivity contribution is 5.91. The quantitative estimate of drug-likeness (QED) is 0.824. The molecule has 5 nitrogen and oxygen atoms in total. The van der Waals surface area contributed by atoms with E-state index in [-0.39, 0.29) is 23.5 Å². The second kappa shape index (κ2) is 7.70. The second-order valence-corrected chi connectivity index (χ2v) is 5.10. The van der Waals surface area contributed by atoms with Gasteiger partial charge in [-0.25, -0.2) is 9.37 Å². The van der Waals surface area contributed by atoms with Gasteiger partial charge in [0, 0.05) is 6.54 Å². The number of hydrogen-bond acceptors (Lipinski definition) is 4. The van der Waals surface area contributed by atoms with E-state index < -0.39 is 0 Å². The highest BCUT2D eigenvalue weighted by Gasteiger charge is 2.16. The molecule has 0 aliphatic carbocycles. The van der Waals surface area contributed by atoms with E-state index in [1.807, 2.05) is 6.92 Å². The Kier molecular flexibility index (Phi) is 5.66. The highest BCUT2D eigenvalue weighted by Crippen LogP contribution is 2.14. The molecule has 0 saturated carbocycles. The van der Waals surface area contributed by atoms with E-state index in [0.29, 0.717) is 18.9 Å². The summed E-state index contributed by atoms with van der Waals surface area (Å²) < 4.78 is 18.0. The molecular formula is C16H20FN3O2. The van der Waals surface area contributed by atoms with Gasteiger partial charge in [0.1, 0.15) is 12.1 Å². The van der Waals surface area contributed by atoms with Crippen LogP contribution in [0.4, 0.5) is 4.39 Å². The van der Waals surface area contributed by atoms with Gasteiger partial charge in [-0.15, -0.1) is 0 Å². The van der Waals surface area contributed by atoms with Crippen LogP contribution in [0.3, 0.4) is 0 Å². The molecule has 2 aromatic rings. The second-order valence-electron chi connectivity index (χ2n) is 5.10. The molecule has 0 fully saturated rings. The fraction of sp³-hybridized carbons (Fsp3) is 0.375. The van der Waals surface area contributed by atoms with Crippen molar-refractivity contribution in [2.24, 2.45) is 5.73 Å². The molecule has 1 aromatic heterocycles. The van der Waals surface area contributed by atoms with Crippen LogP contribution < -0.4 is 11.1 Å². The summed E-state index contributed by atoms with van der Waals surface area (Å²) in [6.45, 7) is 2.46. The lowest BCUT2D eigenvalue weighted by Gasteiger charge is -2.04. The van der Waals surface area contributed by atoms with Gasteiger partial charge in [-0.05, 0) is 30.5 Å². The normalized spacial score (nSPS) is 12.1. The van der Waals surface area contributed by atoms with Crippen LogP contribution in [-0.2, 0) is 6.42 Å². The first-order valence-corrected chi connectivity index (χ1v) is 7.33. The van der Waals surface area contributed by atoms with E-state index in [2.05, 4.69) is 10.3 Å². The predicted molar refractivity (Wildman–Crippen MR) is 80.8 cm³/mol. The van der Waals surface area contributed by atoms with Gasteiger partial charge in [-0.2, -0.15) is 0 Å². The third-order valence-electron chi connectivity index (χ3n) is 3.28. The van der Waals surface area contributed by atoms with Crippen molar-refractivity contribution in [2.45, 2.75) is 32.2 Å². The van der Waals surface area contributed by atoms with Crippen LogP contribution in [0.25, 0.3) is 0 Å². The SMILES string of the molecule is CCCC(N)c1nc(C(=O)NCCc2ccc(F)cc2)co1. The number of rotatable bonds is 7. The zero-order valence-corrected chi connectivity index (χ0v) is 12.5. The van der Waals surface area contributed by atoms with Gasteiger partial charge >= 0.3 is 0 Å². The lowest BCUT2D eigenvalue weighted by molar-refractivity contribution is 0.0949. The summed E-state index contributed by atoms with van der Waals surface area (Å²) in [5.74, 6) is -0.197. The summed E-state index contributed by atoms with van der Waals surface area (Å²) in [6.07, 6.45) is 3.61. The number of halogens is 1. The molecule has 0 aliphatic rings. The Morgan fingerprint density at radius 1 is 1.41 bits per heavy atom. The molecule has 0 bridgehead atoms. The zero-order valence-electron chi connectivity index (χ0n) is 12.5. The standard InChI is InChI=1S/C16H20FN3O2/c1-2-3-13(18)16-20-14(10-22-16)15(21)19-9-8-11-4-6-12(17)7-5-11/h4-7,10,13H,2-3,8-9,18H2,1H3,(H,19,21). The first-order valence-electron chi connectivity index (χ1n) is 7.33. The first kappa shape index (κ1) is 16.2. The number of nitrogens with one attached hydrogen (secondary N) is 1. The van der Waals surface area contributed by atoms with Crippen LogP contribution in [0, 0.1) is 5.82 Å². The van der Waals surface area contributed by atoms with Crippen molar-refractivity contribution in [2.75, 3.05) is 6.54 Å². The number of hydrogen-bond donors (Lipinski definition) is 2. The van der Waals surface area contributed by atoms with Crippen molar-refractivity contribution >= 4 is 5.91 Å². The van der Waals surface area contributed by atoms with Crippen molar-refractivity contribution < 1.29 is 13.6 Å². The minimum Gasteiger partial charge on any atom is -0.446 e. The van der Waals surface area contributed by atoms with E-state index in [1.165, 1.54) is 18.4 Å². The monoisotopic (exact) mass is 305 g/mol. The molecule has 22 heavy (non-hydrogen) atoms. The van der Waals surface area contributed by atoms with Gasteiger partial charge in [-0.3, -0.25) is 4.79 Å². The van der Waals surface area contributed by atoms with Crippen LogP contribution in [0.1, 0.15) is 47.7 Å². The molecule has 118 valence electrons. The van der Waals surface area contributed by atoms with Gasteiger partial charge in [0.25, 0.3) is 5.91 Å². The third kappa shape index (κ3) is 4.39. The molecule has 3 N–H and O–H groups in total. The minimum atomic E-state index is -0.305. The number of nitrogens with zero attached hydrogens (tertiary/aromatic N) is 1. The van der Waals surface area contributed by atoms with E-state index in [9.17, 15) is 9.18 Å². The average Bonchev–Trinajstić information content (AvgIpc) is 2.99. The molecule has 0 spiro atoms. The van der Waals surface area contributed by atoms with Crippen molar-refractivity contribution in [1.82, 2.24) is 10.3 Å². The Hall–Kier alpha value is -2.21. The van der Waals surface area contributed by atoms with Gasteiger partial charge in [0.2, 0.25) is 5.89 Å². The number of amides is 1. The number of carbonyl (C=O) groups excluding carboxylic acids is 1. The van der Waals surface area contributed by atoms with Crippen LogP contribution in [0.15, 0.2) is 34.9 Å². The summed E-state index contributed by atoms with van der Waals surface area (Å²) in [6, 6.07) is 5.90. The number of aromatic nitrogens is 1. The molecule has 2 rings (SSSR count). The number of benzene rings is 1. The van der Waals surface area contributed by atoms with Gasteiger partial charge in [0.15, 0.2) is 5.69 Å². The van der Waals surface area contributed by atoms with Crippen LogP contribution in [0.2, 0.25) is 0 Å². The van der Waals surface area contributed by atoms with Crippen molar-refractivity contribution in [3.8, 4) is 0 Å². The Labute approximate surface area is 128 Å². The number of nitrogens with two attached hydrogens (primary N) is 1. The fourth-order valence-electron chi connectivity index (χ4n) is 2.06. The van der Waals surface area contributed by atoms with Crippen molar-refractivity contribution in [3.63, 3.8) is 0 Å². The van der Waals surface area contributed by atoms with Gasteiger partial charge in [0.05, 0.1) is 6.04 Å². The molecule has 1 atom stereocenters. The maximum absolute atomic E-state index is 12.8. The molecule has 6 heteroatoms. The molecule has 1 aromatic carbocycles. The molecule has 0 saturated heterocycles. The lowest BCUT2D eigenvalue weighted by Crippen LogP contribution is -2.26. The maximum Gasteiger partial charge on any atom is 0.273 e. The molecule has 1 amide bonds. The van der Waals surface area contributed by atoms with Crippen molar-refractivity contribution in [1.29, 1.82) is 0 Å². The first-order chi connectivity index (χ1) is 10.6. The largest absolute Gasteiger partial charge is 0.446 e. The number of oxazole rings is 1.